The summed E-state index contributed by atoms with van der Waals surface area (Å²) in [7, 11) is 0. The van der Waals surface area contributed by atoms with Gasteiger partial charge in [-0.15, -0.1) is 0 Å². The summed E-state index contributed by atoms with van der Waals surface area (Å²) < 4.78 is 0. The summed E-state index contributed by atoms with van der Waals surface area (Å²) in [6.45, 7) is 9.68. The lowest BCUT2D eigenvalue weighted by Gasteiger charge is -2.59. The van der Waals surface area contributed by atoms with Gasteiger partial charge in [-0.25, -0.2) is 0 Å². The van der Waals surface area contributed by atoms with Crippen LogP contribution >= 0.6 is 0 Å². The molecule has 0 aliphatic heterocycles. The number of allylic oxidation sites excluding steroid dienone is 1. The minimum atomic E-state index is -0.470. The molecule has 3 fully saturated rings. The molecule has 3 heteroatoms. The molecule has 186 valence electrons. The van der Waals surface area contributed by atoms with Crippen LogP contribution in [-0.2, 0) is 0 Å². The average molecular weight is 464 g/mol. The van der Waals surface area contributed by atoms with Gasteiger partial charge in [0.25, 0.3) is 0 Å². The highest BCUT2D eigenvalue weighted by molar-refractivity contribution is 5.94. The number of nitrogens with zero attached hydrogens (tertiary/aromatic N) is 1. The first-order valence-corrected chi connectivity index (χ1v) is 14.1. The molecule has 1 aromatic rings. The summed E-state index contributed by atoms with van der Waals surface area (Å²) >= 11 is 0. The Bertz CT molecular complexity index is 940. The maximum Gasteiger partial charge on any atom is 0.181 e. The van der Waals surface area contributed by atoms with Crippen molar-refractivity contribution in [3.05, 3.63) is 41.7 Å². The van der Waals surface area contributed by atoms with Crippen LogP contribution in [0.25, 0.3) is 0 Å². The lowest BCUT2D eigenvalue weighted by Crippen LogP contribution is -2.52. The third-order valence-electron chi connectivity index (χ3n) is 11.5. The van der Waals surface area contributed by atoms with Crippen LogP contribution in [-0.4, -0.2) is 21.5 Å². The number of hydrogen-bond acceptors (Lipinski definition) is 3. The Morgan fingerprint density at radius 1 is 1.15 bits per heavy atom. The van der Waals surface area contributed by atoms with Gasteiger partial charge in [-0.2, -0.15) is 0 Å². The molecule has 34 heavy (non-hydrogen) atoms. The molecule has 4 aliphatic carbocycles. The van der Waals surface area contributed by atoms with E-state index in [2.05, 4.69) is 38.8 Å². The lowest BCUT2D eigenvalue weighted by atomic mass is 9.46. The topological polar surface area (TPSA) is 50.2 Å². The molecule has 0 unspecified atom stereocenters. The first kappa shape index (κ1) is 24.2. The highest BCUT2D eigenvalue weighted by Gasteiger charge is 2.59. The second-order valence-corrected chi connectivity index (χ2v) is 12.9. The van der Waals surface area contributed by atoms with Crippen LogP contribution < -0.4 is 0 Å². The van der Waals surface area contributed by atoms with Gasteiger partial charge in [-0.1, -0.05) is 45.4 Å². The summed E-state index contributed by atoms with van der Waals surface area (Å²) in [5.74, 6) is 3.90. The van der Waals surface area contributed by atoms with Gasteiger partial charge in [0.2, 0.25) is 0 Å². The fourth-order valence-corrected chi connectivity index (χ4v) is 9.20. The Kier molecular flexibility index (Phi) is 6.32. The Balaban J connectivity index is 1.28. The van der Waals surface area contributed by atoms with Gasteiger partial charge in [0.15, 0.2) is 5.78 Å². The largest absolute Gasteiger partial charge is 0.390 e. The molecule has 8 atom stereocenters. The SMILES string of the molecule is CC[C@]1(O)CC[C@@]2(C)C(=CC[C@H]3[C@@H]4CC[C@H]([C@H](C)CCC(=O)c5ccccn5)[C@@]4(C)CC[C@@H]32)C1. The predicted molar refractivity (Wildman–Crippen MR) is 137 cm³/mol. The van der Waals surface area contributed by atoms with E-state index < -0.39 is 5.60 Å². The molecule has 4 aliphatic rings. The van der Waals surface area contributed by atoms with Gasteiger partial charge in [0.1, 0.15) is 5.69 Å². The highest BCUT2D eigenvalue weighted by Crippen LogP contribution is 2.67. The van der Waals surface area contributed by atoms with Crippen molar-refractivity contribution in [3.8, 4) is 0 Å². The molecule has 3 nitrogen and oxygen atoms in total. The number of Topliss-reactive ketones (excluding diaryl/α,β-unsaturated/α-hetero) is 1. The molecule has 0 amide bonds. The molecule has 1 aromatic heterocycles. The molecule has 0 radical (unpaired) electrons. The van der Waals surface area contributed by atoms with Crippen molar-refractivity contribution in [2.24, 2.45) is 40.4 Å². The third-order valence-corrected chi connectivity index (χ3v) is 11.5. The number of fused-ring (bicyclic) bond motifs is 5. The Hall–Kier alpha value is -1.48. The molecule has 0 spiro atoms. The monoisotopic (exact) mass is 463 g/mol. The van der Waals surface area contributed by atoms with Crippen molar-refractivity contribution in [2.45, 2.75) is 104 Å². The minimum Gasteiger partial charge on any atom is -0.390 e. The molecular weight excluding hydrogens is 418 g/mol. The van der Waals surface area contributed by atoms with Crippen molar-refractivity contribution >= 4 is 5.78 Å². The number of pyridine rings is 1. The standard InChI is InChI=1S/C31H45NO2/c1-5-31(34)18-17-29(3)22(20-31)10-11-23-25-13-12-24(30(25,4)16-15-26(23)29)21(2)9-14-28(33)27-8-6-7-19-32-27/h6-8,10,19,21,23-26,34H,5,9,11-18,20H2,1-4H3/t21-,23+,24-,25+,26+,29+,30-,31+/m1/s1. The van der Waals surface area contributed by atoms with E-state index in [9.17, 15) is 9.90 Å². The van der Waals surface area contributed by atoms with Crippen molar-refractivity contribution in [1.82, 2.24) is 4.98 Å². The minimum absolute atomic E-state index is 0.193. The molecule has 3 saturated carbocycles. The third kappa shape index (κ3) is 3.91. The van der Waals surface area contributed by atoms with Gasteiger partial charge < -0.3 is 5.11 Å². The van der Waals surface area contributed by atoms with E-state index in [1.807, 2.05) is 18.2 Å². The second kappa shape index (κ2) is 8.87. The predicted octanol–water partition coefficient (Wildman–Crippen LogP) is 7.40. The average Bonchev–Trinajstić information content (AvgIpc) is 3.20. The number of aromatic nitrogens is 1. The smallest absolute Gasteiger partial charge is 0.181 e. The second-order valence-electron chi connectivity index (χ2n) is 12.9. The summed E-state index contributed by atoms with van der Waals surface area (Å²) in [6, 6.07) is 5.62. The van der Waals surface area contributed by atoms with Crippen LogP contribution in [0.5, 0.6) is 0 Å². The Morgan fingerprint density at radius 2 is 1.97 bits per heavy atom. The molecule has 0 bridgehead atoms. The first-order valence-electron chi connectivity index (χ1n) is 14.1. The van der Waals surface area contributed by atoms with Gasteiger partial charge in [-0.05, 0) is 117 Å². The van der Waals surface area contributed by atoms with Crippen LogP contribution in [0.1, 0.15) is 109 Å². The molecule has 0 saturated heterocycles. The summed E-state index contributed by atoms with van der Waals surface area (Å²) in [5.41, 5.74) is 2.43. The van der Waals surface area contributed by atoms with Gasteiger partial charge in [0, 0.05) is 12.6 Å². The zero-order valence-corrected chi connectivity index (χ0v) is 21.9. The van der Waals surface area contributed by atoms with E-state index in [4.69, 9.17) is 0 Å². The Labute approximate surface area is 206 Å². The van der Waals surface area contributed by atoms with Crippen LogP contribution in [0, 0.1) is 40.4 Å². The number of carbonyl (C=O) groups excluding carboxylic acids is 1. The van der Waals surface area contributed by atoms with Crippen LogP contribution in [0.2, 0.25) is 0 Å². The van der Waals surface area contributed by atoms with E-state index in [1.165, 1.54) is 32.1 Å². The first-order chi connectivity index (χ1) is 16.2. The molecule has 1 N–H and O–H groups in total. The molecule has 5 rings (SSSR count). The fourth-order valence-electron chi connectivity index (χ4n) is 9.20. The number of rotatable bonds is 6. The van der Waals surface area contributed by atoms with Gasteiger partial charge >= 0.3 is 0 Å². The fraction of sp³-hybridized carbons (Fsp3) is 0.742. The van der Waals surface area contributed by atoms with Crippen molar-refractivity contribution < 1.29 is 9.90 Å². The van der Waals surface area contributed by atoms with E-state index in [-0.39, 0.29) is 5.78 Å². The van der Waals surface area contributed by atoms with Crippen LogP contribution in [0.3, 0.4) is 0 Å². The molecular formula is C31H45NO2. The maximum atomic E-state index is 12.7. The van der Waals surface area contributed by atoms with Crippen LogP contribution in [0.15, 0.2) is 36.0 Å². The van der Waals surface area contributed by atoms with E-state index in [0.29, 0.717) is 28.9 Å². The number of ketones is 1. The zero-order chi connectivity index (χ0) is 24.1. The quantitative estimate of drug-likeness (QED) is 0.353. The van der Waals surface area contributed by atoms with Gasteiger partial charge in [0.05, 0.1) is 5.60 Å². The summed E-state index contributed by atoms with van der Waals surface area (Å²) in [4.78, 5) is 16.9. The number of hydrogen-bond donors (Lipinski definition) is 1. The van der Waals surface area contributed by atoms with Crippen molar-refractivity contribution in [2.75, 3.05) is 0 Å². The molecule has 0 aromatic carbocycles. The number of carbonyl (C=O) groups is 1. The summed E-state index contributed by atoms with van der Waals surface area (Å²) in [6.07, 6.45) is 16.4. The van der Waals surface area contributed by atoms with Crippen LogP contribution in [0.4, 0.5) is 0 Å². The zero-order valence-electron chi connectivity index (χ0n) is 21.9. The lowest BCUT2D eigenvalue weighted by molar-refractivity contribution is -0.0754. The molecule has 1 heterocycles. The van der Waals surface area contributed by atoms with Gasteiger partial charge in [-0.3, -0.25) is 9.78 Å². The van der Waals surface area contributed by atoms with E-state index in [1.54, 1.807) is 11.8 Å². The summed E-state index contributed by atoms with van der Waals surface area (Å²) in [5, 5.41) is 11.0. The van der Waals surface area contributed by atoms with E-state index >= 15 is 0 Å². The Morgan fingerprint density at radius 3 is 2.71 bits per heavy atom. The highest BCUT2D eigenvalue weighted by atomic mass is 16.3. The van der Waals surface area contributed by atoms with Crippen molar-refractivity contribution in [3.63, 3.8) is 0 Å². The number of aliphatic hydroxyl groups is 1. The van der Waals surface area contributed by atoms with Crippen molar-refractivity contribution in [1.29, 1.82) is 0 Å². The maximum absolute atomic E-state index is 12.7. The normalized spacial score (nSPS) is 42.2. The van der Waals surface area contributed by atoms with E-state index in [0.717, 1.165) is 55.8 Å².